The van der Waals surface area contributed by atoms with Gasteiger partial charge in [-0.15, -0.1) is 0 Å². The van der Waals surface area contributed by atoms with Crippen molar-refractivity contribution in [3.63, 3.8) is 0 Å². The monoisotopic (exact) mass is 224 g/mol. The van der Waals surface area contributed by atoms with E-state index in [1.807, 2.05) is 0 Å². The summed E-state index contributed by atoms with van der Waals surface area (Å²) in [6.45, 7) is 6.72. The van der Waals surface area contributed by atoms with Gasteiger partial charge in [0.2, 0.25) is 6.29 Å². The van der Waals surface area contributed by atoms with E-state index in [2.05, 4.69) is 16.7 Å². The third kappa shape index (κ3) is 4.20. The SMILES string of the molecule is [C-]#[N+]/C(C#N)=C/c1ccc(C#CC(O)O)cc1. The van der Waals surface area contributed by atoms with Gasteiger partial charge in [-0.25, -0.2) is 10.1 Å². The van der Waals surface area contributed by atoms with Crippen molar-refractivity contribution in [1.82, 2.24) is 0 Å². The standard InChI is InChI=1S/C13H8N2O2/c1-15-12(9-14)8-11-4-2-10(3-5-11)6-7-13(16)17/h2-5,8,13,16-17H/b12-8+. The minimum absolute atomic E-state index is 0.00890. The van der Waals surface area contributed by atoms with Crippen LogP contribution in [0.5, 0.6) is 0 Å². The normalized spacial score (nSPS) is 10.1. The molecule has 0 saturated carbocycles. The summed E-state index contributed by atoms with van der Waals surface area (Å²) >= 11 is 0. The Labute approximate surface area is 98.9 Å². The number of hydrogen-bond acceptors (Lipinski definition) is 3. The van der Waals surface area contributed by atoms with Crippen molar-refractivity contribution >= 4 is 6.08 Å². The molecule has 0 fully saturated rings. The number of nitrogens with zero attached hydrogens (tertiary/aromatic N) is 2. The molecule has 4 heteroatoms. The van der Waals surface area contributed by atoms with Crippen LogP contribution in [0.2, 0.25) is 0 Å². The number of aliphatic hydroxyl groups excluding tert-OH is 1. The lowest BCUT2D eigenvalue weighted by molar-refractivity contribution is 0.0108. The van der Waals surface area contributed by atoms with Gasteiger partial charge in [-0.05, 0) is 29.7 Å². The second-order valence-corrected chi connectivity index (χ2v) is 3.02. The molecule has 1 rings (SSSR count). The van der Waals surface area contributed by atoms with Gasteiger partial charge >= 0.3 is 0 Å². The van der Waals surface area contributed by atoms with Crippen LogP contribution < -0.4 is 0 Å². The summed E-state index contributed by atoms with van der Waals surface area (Å²) in [5.41, 5.74) is 1.35. The molecule has 17 heavy (non-hydrogen) atoms. The highest BCUT2D eigenvalue weighted by Gasteiger charge is 1.94. The number of rotatable bonds is 1. The summed E-state index contributed by atoms with van der Waals surface area (Å²) in [5, 5.41) is 25.7. The fourth-order valence-corrected chi connectivity index (χ4v) is 1.06. The van der Waals surface area contributed by atoms with Gasteiger partial charge in [0.15, 0.2) is 0 Å². The zero-order chi connectivity index (χ0) is 12.7. The molecular formula is C13H8N2O2. The molecule has 0 aliphatic heterocycles. The first-order valence-corrected chi connectivity index (χ1v) is 4.62. The van der Waals surface area contributed by atoms with Gasteiger partial charge in [-0.3, -0.25) is 0 Å². The maximum atomic E-state index is 8.58. The smallest absolute Gasteiger partial charge is 0.262 e. The number of nitriles is 1. The molecule has 2 N–H and O–H groups in total. The quantitative estimate of drug-likeness (QED) is 0.325. The first-order valence-electron chi connectivity index (χ1n) is 4.62. The van der Waals surface area contributed by atoms with Gasteiger partial charge in [0.1, 0.15) is 0 Å². The van der Waals surface area contributed by atoms with E-state index in [9.17, 15) is 0 Å². The number of aliphatic hydroxyl groups is 2. The Morgan fingerprint density at radius 3 is 2.47 bits per heavy atom. The second-order valence-electron chi connectivity index (χ2n) is 3.02. The Morgan fingerprint density at radius 1 is 1.35 bits per heavy atom. The van der Waals surface area contributed by atoms with E-state index < -0.39 is 6.29 Å². The molecule has 0 spiro atoms. The fraction of sp³-hybridized carbons (Fsp3) is 0.0769. The average molecular weight is 224 g/mol. The minimum atomic E-state index is -1.65. The van der Waals surface area contributed by atoms with Crippen LogP contribution in [-0.4, -0.2) is 16.5 Å². The van der Waals surface area contributed by atoms with Crippen molar-refractivity contribution in [2.24, 2.45) is 0 Å². The lowest BCUT2D eigenvalue weighted by Crippen LogP contribution is -1.98. The van der Waals surface area contributed by atoms with E-state index in [0.717, 1.165) is 0 Å². The Bertz CT molecular complexity index is 545. The first kappa shape index (κ1) is 12.5. The number of benzene rings is 1. The highest BCUT2D eigenvalue weighted by atomic mass is 16.5. The third-order valence-corrected chi connectivity index (χ3v) is 1.79. The zero-order valence-corrected chi connectivity index (χ0v) is 8.75. The van der Waals surface area contributed by atoms with E-state index >= 15 is 0 Å². The Morgan fingerprint density at radius 2 is 2.00 bits per heavy atom. The van der Waals surface area contributed by atoms with E-state index in [1.54, 1.807) is 30.3 Å². The van der Waals surface area contributed by atoms with Crippen LogP contribution in [-0.2, 0) is 0 Å². The molecule has 1 aromatic rings. The van der Waals surface area contributed by atoms with E-state index in [1.165, 1.54) is 6.08 Å². The maximum Gasteiger partial charge on any atom is 0.262 e. The topological polar surface area (TPSA) is 68.6 Å². The lowest BCUT2D eigenvalue weighted by Gasteiger charge is -1.94. The maximum absolute atomic E-state index is 8.58. The molecule has 0 bridgehead atoms. The lowest BCUT2D eigenvalue weighted by atomic mass is 10.1. The fourth-order valence-electron chi connectivity index (χ4n) is 1.06. The van der Waals surface area contributed by atoms with E-state index in [0.29, 0.717) is 11.1 Å². The largest absolute Gasteiger partial charge is 0.358 e. The number of hydrogen-bond donors (Lipinski definition) is 2. The molecule has 4 nitrogen and oxygen atoms in total. The van der Waals surface area contributed by atoms with Crippen LogP contribution in [0.15, 0.2) is 30.0 Å². The summed E-state index contributed by atoms with van der Waals surface area (Å²) in [5.74, 6) is 4.75. The third-order valence-electron chi connectivity index (χ3n) is 1.79. The van der Waals surface area contributed by atoms with Crippen LogP contribution in [0.4, 0.5) is 0 Å². The predicted octanol–water partition coefficient (Wildman–Crippen LogP) is 1.13. The van der Waals surface area contributed by atoms with Crippen LogP contribution in [0.3, 0.4) is 0 Å². The minimum Gasteiger partial charge on any atom is -0.358 e. The van der Waals surface area contributed by atoms with Crippen molar-refractivity contribution in [1.29, 1.82) is 5.26 Å². The number of allylic oxidation sites excluding steroid dienone is 1. The van der Waals surface area contributed by atoms with Gasteiger partial charge in [-0.1, -0.05) is 18.1 Å². The van der Waals surface area contributed by atoms with Gasteiger partial charge in [0, 0.05) is 5.56 Å². The molecule has 0 atom stereocenters. The van der Waals surface area contributed by atoms with E-state index in [4.69, 9.17) is 22.0 Å². The van der Waals surface area contributed by atoms with Crippen LogP contribution in [0.25, 0.3) is 10.9 Å². The summed E-state index contributed by atoms with van der Waals surface area (Å²) in [7, 11) is 0. The molecule has 0 unspecified atom stereocenters. The Kier molecular flexibility index (Phi) is 4.48. The summed E-state index contributed by atoms with van der Waals surface area (Å²) < 4.78 is 0. The first-order chi connectivity index (χ1) is 8.15. The molecular weight excluding hydrogens is 216 g/mol. The van der Waals surface area contributed by atoms with Gasteiger partial charge < -0.3 is 10.2 Å². The summed E-state index contributed by atoms with van der Waals surface area (Å²) in [4.78, 5) is 3.04. The molecule has 0 amide bonds. The van der Waals surface area contributed by atoms with Crippen molar-refractivity contribution in [2.45, 2.75) is 6.29 Å². The van der Waals surface area contributed by atoms with Crippen molar-refractivity contribution in [3.8, 4) is 17.9 Å². The Hall–Kier alpha value is -2.58. The molecule has 0 aliphatic carbocycles. The molecule has 1 aromatic carbocycles. The van der Waals surface area contributed by atoms with Crippen molar-refractivity contribution in [3.05, 3.63) is 52.5 Å². The average Bonchev–Trinajstić information content (AvgIpc) is 2.34. The highest BCUT2D eigenvalue weighted by Crippen LogP contribution is 2.09. The molecule has 0 aromatic heterocycles. The van der Waals surface area contributed by atoms with Crippen LogP contribution >= 0.6 is 0 Å². The Balaban J connectivity index is 2.92. The predicted molar refractivity (Wildman–Crippen MR) is 61.7 cm³/mol. The van der Waals surface area contributed by atoms with Crippen molar-refractivity contribution < 1.29 is 10.2 Å². The molecule has 0 saturated heterocycles. The summed E-state index contributed by atoms with van der Waals surface area (Å²) in [6, 6.07) is 8.48. The van der Waals surface area contributed by atoms with Gasteiger partial charge in [0.05, 0.1) is 12.6 Å². The van der Waals surface area contributed by atoms with Gasteiger partial charge in [-0.2, -0.15) is 0 Å². The molecule has 0 aliphatic rings. The summed E-state index contributed by atoms with van der Waals surface area (Å²) in [6.07, 6.45) is -0.188. The van der Waals surface area contributed by atoms with Crippen LogP contribution in [0.1, 0.15) is 11.1 Å². The van der Waals surface area contributed by atoms with Crippen molar-refractivity contribution in [2.75, 3.05) is 0 Å². The van der Waals surface area contributed by atoms with E-state index in [-0.39, 0.29) is 5.70 Å². The molecule has 0 radical (unpaired) electrons. The molecule has 0 heterocycles. The highest BCUT2D eigenvalue weighted by molar-refractivity contribution is 5.59. The van der Waals surface area contributed by atoms with Crippen LogP contribution in [0, 0.1) is 29.7 Å². The van der Waals surface area contributed by atoms with Gasteiger partial charge in [0.25, 0.3) is 5.70 Å². The molecule has 82 valence electrons. The zero-order valence-electron chi connectivity index (χ0n) is 8.75. The second kappa shape index (κ2) is 6.10.